The van der Waals surface area contributed by atoms with E-state index in [4.69, 9.17) is 9.47 Å². The first-order valence-electron chi connectivity index (χ1n) is 7.90. The molecule has 124 valence electrons. The lowest BCUT2D eigenvalue weighted by atomic mass is 9.74. The van der Waals surface area contributed by atoms with Crippen molar-refractivity contribution >= 4 is 15.9 Å². The fourth-order valence-corrected chi connectivity index (χ4v) is 3.93. The molecule has 0 saturated heterocycles. The zero-order chi connectivity index (χ0) is 17.3. The van der Waals surface area contributed by atoms with Crippen LogP contribution in [0, 0.1) is 11.3 Å². The molecule has 1 heterocycles. The van der Waals surface area contributed by atoms with Crippen LogP contribution in [0.5, 0.6) is 11.5 Å². The summed E-state index contributed by atoms with van der Waals surface area (Å²) < 4.78 is 12.0. The molecule has 4 nitrogen and oxygen atoms in total. The van der Waals surface area contributed by atoms with Crippen LogP contribution in [-0.4, -0.2) is 19.2 Å². The molecule has 0 bridgehead atoms. The number of hydrogen-bond acceptors (Lipinski definition) is 4. The Morgan fingerprint density at radius 3 is 2.62 bits per heavy atom. The molecule has 0 amide bonds. The summed E-state index contributed by atoms with van der Waals surface area (Å²) in [5.41, 5.74) is 3.81. The molecule has 5 heteroatoms. The van der Waals surface area contributed by atoms with Crippen molar-refractivity contribution in [3.8, 4) is 17.6 Å². The van der Waals surface area contributed by atoms with Crippen LogP contribution in [0.25, 0.3) is 0 Å². The predicted octanol–water partition coefficient (Wildman–Crippen LogP) is 4.76. The lowest BCUT2D eigenvalue weighted by Crippen LogP contribution is -2.16. The SMILES string of the molecule is COc1cc(OC)c2c(c1)[C@H](c1cc(Br)cnc1C#N)CC[C@@H]2C. The second kappa shape index (κ2) is 6.82. The van der Waals surface area contributed by atoms with Gasteiger partial charge in [-0.1, -0.05) is 6.92 Å². The molecule has 1 aromatic carbocycles. The van der Waals surface area contributed by atoms with Gasteiger partial charge in [-0.25, -0.2) is 4.98 Å². The molecule has 1 aliphatic rings. The normalized spacial score (nSPS) is 19.3. The minimum absolute atomic E-state index is 0.111. The third-order valence-corrected chi connectivity index (χ3v) is 5.16. The van der Waals surface area contributed by atoms with Crippen LogP contribution >= 0.6 is 15.9 Å². The van der Waals surface area contributed by atoms with Gasteiger partial charge in [0.05, 0.1) is 14.2 Å². The molecular formula is C19H19BrN2O2. The van der Waals surface area contributed by atoms with Crippen molar-refractivity contribution < 1.29 is 9.47 Å². The van der Waals surface area contributed by atoms with Crippen LogP contribution in [0.2, 0.25) is 0 Å². The van der Waals surface area contributed by atoms with Crippen LogP contribution in [0.1, 0.15) is 54.0 Å². The number of benzene rings is 1. The predicted molar refractivity (Wildman–Crippen MR) is 95.7 cm³/mol. The summed E-state index contributed by atoms with van der Waals surface area (Å²) in [7, 11) is 3.34. The van der Waals surface area contributed by atoms with Crippen molar-refractivity contribution in [3.05, 3.63) is 51.3 Å². The molecular weight excluding hydrogens is 368 g/mol. The highest BCUT2D eigenvalue weighted by Crippen LogP contribution is 2.48. The third-order valence-electron chi connectivity index (χ3n) is 4.72. The number of ether oxygens (including phenoxy) is 2. The summed E-state index contributed by atoms with van der Waals surface area (Å²) in [4.78, 5) is 4.28. The molecule has 0 unspecified atom stereocenters. The van der Waals surface area contributed by atoms with E-state index in [1.54, 1.807) is 20.4 Å². The van der Waals surface area contributed by atoms with Gasteiger partial charge in [0.2, 0.25) is 0 Å². The second-order valence-electron chi connectivity index (χ2n) is 6.07. The number of rotatable bonds is 3. The van der Waals surface area contributed by atoms with Gasteiger partial charge in [-0.15, -0.1) is 0 Å². The molecule has 0 N–H and O–H groups in total. The highest BCUT2D eigenvalue weighted by Gasteiger charge is 2.31. The largest absolute Gasteiger partial charge is 0.497 e. The molecule has 0 aliphatic heterocycles. The van der Waals surface area contributed by atoms with E-state index in [0.29, 0.717) is 11.6 Å². The maximum absolute atomic E-state index is 9.46. The summed E-state index contributed by atoms with van der Waals surface area (Å²) in [5, 5.41) is 9.46. The van der Waals surface area contributed by atoms with Crippen molar-refractivity contribution in [1.82, 2.24) is 4.98 Å². The minimum atomic E-state index is 0.111. The van der Waals surface area contributed by atoms with E-state index in [9.17, 15) is 5.26 Å². The van der Waals surface area contributed by atoms with Gasteiger partial charge < -0.3 is 9.47 Å². The van der Waals surface area contributed by atoms with Crippen molar-refractivity contribution in [2.75, 3.05) is 14.2 Å². The monoisotopic (exact) mass is 386 g/mol. The quantitative estimate of drug-likeness (QED) is 0.762. The zero-order valence-corrected chi connectivity index (χ0v) is 15.6. The van der Waals surface area contributed by atoms with Gasteiger partial charge in [-0.3, -0.25) is 0 Å². The Morgan fingerprint density at radius 2 is 1.96 bits per heavy atom. The van der Waals surface area contributed by atoms with E-state index >= 15 is 0 Å². The van der Waals surface area contributed by atoms with E-state index in [0.717, 1.165) is 34.4 Å². The first-order valence-corrected chi connectivity index (χ1v) is 8.69. The van der Waals surface area contributed by atoms with Crippen LogP contribution in [0.15, 0.2) is 28.9 Å². The maximum atomic E-state index is 9.46. The van der Waals surface area contributed by atoms with Gasteiger partial charge in [-0.05, 0) is 57.9 Å². The Hall–Kier alpha value is -2.06. The van der Waals surface area contributed by atoms with Gasteiger partial charge in [0.25, 0.3) is 0 Å². The van der Waals surface area contributed by atoms with Gasteiger partial charge in [0, 0.05) is 28.2 Å². The number of aromatic nitrogens is 1. The minimum Gasteiger partial charge on any atom is -0.497 e. The van der Waals surface area contributed by atoms with Crippen molar-refractivity contribution in [2.24, 2.45) is 0 Å². The Kier molecular flexibility index (Phi) is 4.77. The van der Waals surface area contributed by atoms with Crippen molar-refractivity contribution in [1.29, 1.82) is 5.26 Å². The highest BCUT2D eigenvalue weighted by molar-refractivity contribution is 9.10. The average molecular weight is 387 g/mol. The van der Waals surface area contributed by atoms with Crippen molar-refractivity contribution in [3.63, 3.8) is 0 Å². The number of nitrogens with zero attached hydrogens (tertiary/aromatic N) is 2. The van der Waals surface area contributed by atoms with E-state index in [-0.39, 0.29) is 5.92 Å². The molecule has 2 aromatic rings. The summed E-state index contributed by atoms with van der Waals surface area (Å²) in [6, 6.07) is 8.23. The average Bonchev–Trinajstić information content (AvgIpc) is 2.61. The molecule has 1 aliphatic carbocycles. The van der Waals surface area contributed by atoms with Crippen LogP contribution in [0.4, 0.5) is 0 Å². The topological polar surface area (TPSA) is 55.1 Å². The molecule has 0 saturated carbocycles. The van der Waals surface area contributed by atoms with Gasteiger partial charge in [-0.2, -0.15) is 5.26 Å². The number of fused-ring (bicyclic) bond motifs is 1. The number of methoxy groups -OCH3 is 2. The lowest BCUT2D eigenvalue weighted by molar-refractivity contribution is 0.381. The molecule has 3 rings (SSSR count). The smallest absolute Gasteiger partial charge is 0.144 e. The fourth-order valence-electron chi connectivity index (χ4n) is 3.58. The third kappa shape index (κ3) is 2.87. The molecule has 0 radical (unpaired) electrons. The number of nitriles is 1. The second-order valence-corrected chi connectivity index (χ2v) is 6.98. The van der Waals surface area contributed by atoms with E-state index in [2.05, 4.69) is 40.0 Å². The summed E-state index contributed by atoms with van der Waals surface area (Å²) >= 11 is 3.48. The van der Waals surface area contributed by atoms with Gasteiger partial charge >= 0.3 is 0 Å². The van der Waals surface area contributed by atoms with E-state index in [1.807, 2.05) is 12.1 Å². The first kappa shape index (κ1) is 16.8. The first-order chi connectivity index (χ1) is 11.6. The Morgan fingerprint density at radius 1 is 1.17 bits per heavy atom. The fraction of sp³-hybridized carbons (Fsp3) is 0.368. The molecule has 0 fully saturated rings. The summed E-state index contributed by atoms with van der Waals surface area (Å²) in [6.07, 6.45) is 3.68. The van der Waals surface area contributed by atoms with Crippen LogP contribution in [-0.2, 0) is 0 Å². The standard InChI is InChI=1S/C19H19BrN2O2/c1-11-4-5-14(15-6-12(20)10-22-17(15)9-21)16-7-13(23-2)8-18(24-3)19(11)16/h6-8,10-11,14H,4-5H2,1-3H3/t11-,14-/m0/s1. The van der Waals surface area contributed by atoms with Gasteiger partial charge in [0.15, 0.2) is 0 Å². The maximum Gasteiger partial charge on any atom is 0.144 e. The van der Waals surface area contributed by atoms with Gasteiger partial charge in [0.1, 0.15) is 23.3 Å². The summed E-state index contributed by atoms with van der Waals surface area (Å²) in [6.45, 7) is 2.22. The van der Waals surface area contributed by atoms with Crippen LogP contribution < -0.4 is 9.47 Å². The van der Waals surface area contributed by atoms with E-state index in [1.165, 1.54) is 11.1 Å². The lowest BCUT2D eigenvalue weighted by Gasteiger charge is -2.32. The molecule has 2 atom stereocenters. The summed E-state index contributed by atoms with van der Waals surface area (Å²) in [5.74, 6) is 2.14. The molecule has 0 spiro atoms. The van der Waals surface area contributed by atoms with E-state index < -0.39 is 0 Å². The number of hydrogen-bond donors (Lipinski definition) is 0. The van der Waals surface area contributed by atoms with Crippen molar-refractivity contribution in [2.45, 2.75) is 31.6 Å². The zero-order valence-electron chi connectivity index (χ0n) is 14.0. The number of pyridine rings is 1. The van der Waals surface area contributed by atoms with Crippen LogP contribution in [0.3, 0.4) is 0 Å². The Balaban J connectivity index is 2.23. The molecule has 1 aromatic heterocycles. The highest BCUT2D eigenvalue weighted by atomic mass is 79.9. The number of halogens is 1. The Labute approximate surface area is 150 Å². The Bertz CT molecular complexity index is 814. The molecule has 24 heavy (non-hydrogen) atoms.